The normalized spacial score (nSPS) is 16.0. The number of aromatic nitrogens is 5. The number of hydrogen-bond acceptors (Lipinski definition) is 11. The van der Waals surface area contributed by atoms with E-state index in [0.29, 0.717) is 17.2 Å². The molecule has 1 amide bonds. The van der Waals surface area contributed by atoms with Gasteiger partial charge in [0.05, 0.1) is 24.2 Å². The standard InChI is InChI=1S/C29H37N9O4S2/c1-34(2)13-15-44(41,42)38-23(10-11-31-38)18-37-26-21(16-24(28(37)40)27(39)35(3)4)17-30-29(33-26)32-22-8-6-20(7-9-22)25-19-36(5)12-14-43-25/h6-11,16-17,25H,12-15,18-19H2,1-5H3,(H,30,32,33). The molecule has 0 radical (unpaired) electrons. The van der Waals surface area contributed by atoms with E-state index in [1.807, 2.05) is 23.9 Å². The SMILES string of the molecule is CN(C)CCS(=O)(=O)n1nccc1Cn1c(=O)c(C(=O)N(C)C)cc2cnc(Nc3ccc(C4CN(C)CCS4)cc3)nc21. The number of rotatable bonds is 10. The number of amides is 1. The maximum Gasteiger partial charge on any atom is 0.265 e. The van der Waals surface area contributed by atoms with Crippen LogP contribution in [-0.2, 0) is 16.6 Å². The van der Waals surface area contributed by atoms with Crippen LogP contribution in [0.15, 0.2) is 53.6 Å². The number of fused-ring (bicyclic) bond motifs is 1. The van der Waals surface area contributed by atoms with Crippen LogP contribution in [0.3, 0.4) is 0 Å². The quantitative estimate of drug-likeness (QED) is 0.272. The number of thioether (sulfide) groups is 1. The Morgan fingerprint density at radius 1 is 1.14 bits per heavy atom. The lowest BCUT2D eigenvalue weighted by molar-refractivity contribution is 0.0825. The van der Waals surface area contributed by atoms with Crippen molar-refractivity contribution in [3.8, 4) is 0 Å². The second-order valence-corrected chi connectivity index (χ2v) is 14.5. The minimum absolute atomic E-state index is 0.0739. The summed E-state index contributed by atoms with van der Waals surface area (Å²) in [6.45, 7) is 2.21. The van der Waals surface area contributed by atoms with Gasteiger partial charge in [-0.3, -0.25) is 14.2 Å². The topological polar surface area (TPSA) is 139 Å². The van der Waals surface area contributed by atoms with Crippen molar-refractivity contribution in [3.05, 3.63) is 76.0 Å². The van der Waals surface area contributed by atoms with Gasteiger partial charge in [-0.05, 0) is 51.0 Å². The summed E-state index contributed by atoms with van der Waals surface area (Å²) in [5.41, 5.74) is 1.86. The van der Waals surface area contributed by atoms with Gasteiger partial charge in [0.25, 0.3) is 21.5 Å². The van der Waals surface area contributed by atoms with Crippen LogP contribution >= 0.6 is 11.8 Å². The van der Waals surface area contributed by atoms with E-state index in [2.05, 4.69) is 44.5 Å². The molecular weight excluding hydrogens is 603 g/mol. The summed E-state index contributed by atoms with van der Waals surface area (Å²) in [6, 6.07) is 11.1. The summed E-state index contributed by atoms with van der Waals surface area (Å²) < 4.78 is 28.5. The first-order valence-electron chi connectivity index (χ1n) is 14.1. The van der Waals surface area contributed by atoms with Crippen LogP contribution in [0.5, 0.6) is 0 Å². The third-order valence-corrected chi connectivity index (χ3v) is 10.1. The molecule has 15 heteroatoms. The zero-order valence-electron chi connectivity index (χ0n) is 25.5. The lowest BCUT2D eigenvalue weighted by Crippen LogP contribution is -2.34. The highest BCUT2D eigenvalue weighted by atomic mass is 32.2. The Morgan fingerprint density at radius 2 is 1.89 bits per heavy atom. The predicted molar refractivity (Wildman–Crippen MR) is 173 cm³/mol. The fraction of sp³-hybridized carbons (Fsp3) is 0.414. The average molecular weight is 640 g/mol. The van der Waals surface area contributed by atoms with E-state index in [1.54, 1.807) is 39.3 Å². The second kappa shape index (κ2) is 13.1. The van der Waals surface area contributed by atoms with Gasteiger partial charge in [0.1, 0.15) is 11.2 Å². The molecule has 0 aliphatic carbocycles. The van der Waals surface area contributed by atoms with Crippen molar-refractivity contribution in [2.75, 3.05) is 71.7 Å². The molecule has 4 heterocycles. The van der Waals surface area contributed by atoms with Gasteiger partial charge in [0.15, 0.2) is 0 Å². The molecule has 0 spiro atoms. The first kappa shape index (κ1) is 31.6. The van der Waals surface area contributed by atoms with Crippen molar-refractivity contribution < 1.29 is 13.2 Å². The van der Waals surface area contributed by atoms with Crippen LogP contribution < -0.4 is 10.9 Å². The lowest BCUT2D eigenvalue weighted by atomic mass is 10.1. The Morgan fingerprint density at radius 3 is 2.57 bits per heavy atom. The third kappa shape index (κ3) is 6.96. The summed E-state index contributed by atoms with van der Waals surface area (Å²) in [4.78, 5) is 41.2. The van der Waals surface area contributed by atoms with E-state index >= 15 is 0 Å². The number of carbonyl (C=O) groups is 1. The van der Waals surface area contributed by atoms with Crippen molar-refractivity contribution in [2.24, 2.45) is 0 Å². The van der Waals surface area contributed by atoms with Crippen molar-refractivity contribution in [1.82, 2.24) is 38.4 Å². The monoisotopic (exact) mass is 639 g/mol. The molecule has 0 bridgehead atoms. The Kier molecular flexibility index (Phi) is 9.39. The van der Waals surface area contributed by atoms with E-state index in [4.69, 9.17) is 0 Å². The lowest BCUT2D eigenvalue weighted by Gasteiger charge is -2.29. The van der Waals surface area contributed by atoms with Gasteiger partial charge < -0.3 is 20.0 Å². The van der Waals surface area contributed by atoms with Gasteiger partial charge in [0.2, 0.25) is 5.95 Å². The average Bonchev–Trinajstić information content (AvgIpc) is 3.47. The van der Waals surface area contributed by atoms with Gasteiger partial charge in [-0.2, -0.15) is 25.9 Å². The number of carbonyl (C=O) groups excluding carboxylic acids is 1. The second-order valence-electron chi connectivity index (χ2n) is 11.3. The van der Waals surface area contributed by atoms with Crippen LogP contribution in [0.25, 0.3) is 11.0 Å². The number of pyridine rings is 1. The largest absolute Gasteiger partial charge is 0.345 e. The molecule has 3 aromatic heterocycles. The molecule has 0 saturated carbocycles. The molecule has 5 rings (SSSR count). The highest BCUT2D eigenvalue weighted by Crippen LogP contribution is 2.33. The van der Waals surface area contributed by atoms with Crippen LogP contribution in [0.2, 0.25) is 0 Å². The van der Waals surface area contributed by atoms with Crippen LogP contribution in [0, 0.1) is 0 Å². The van der Waals surface area contributed by atoms with Crippen LogP contribution in [0.1, 0.15) is 26.9 Å². The molecule has 1 aliphatic heterocycles. The molecule has 234 valence electrons. The predicted octanol–water partition coefficient (Wildman–Crippen LogP) is 1.94. The van der Waals surface area contributed by atoms with E-state index in [9.17, 15) is 18.0 Å². The smallest absolute Gasteiger partial charge is 0.265 e. The molecule has 44 heavy (non-hydrogen) atoms. The zero-order chi connectivity index (χ0) is 31.6. The maximum atomic E-state index is 13.8. The number of benzene rings is 1. The Hall–Kier alpha value is -3.79. The number of hydrogen-bond donors (Lipinski definition) is 1. The Balaban J connectivity index is 1.51. The number of anilines is 2. The Labute approximate surface area is 260 Å². The zero-order valence-corrected chi connectivity index (χ0v) is 27.1. The minimum atomic E-state index is -3.81. The molecule has 1 aromatic carbocycles. The molecule has 1 N–H and O–H groups in total. The van der Waals surface area contributed by atoms with Gasteiger partial charge in [0, 0.05) is 62.0 Å². The molecular formula is C29H37N9O4S2. The maximum absolute atomic E-state index is 13.8. The van der Waals surface area contributed by atoms with Crippen molar-refractivity contribution >= 4 is 50.4 Å². The summed E-state index contributed by atoms with van der Waals surface area (Å²) >= 11 is 1.95. The molecule has 4 aromatic rings. The summed E-state index contributed by atoms with van der Waals surface area (Å²) in [6.07, 6.45) is 2.92. The first-order chi connectivity index (χ1) is 20.9. The van der Waals surface area contributed by atoms with E-state index in [0.717, 1.165) is 28.6 Å². The van der Waals surface area contributed by atoms with Gasteiger partial charge >= 0.3 is 0 Å². The number of likely N-dealkylation sites (N-methyl/N-ethyl adjacent to an activating group) is 1. The van der Waals surface area contributed by atoms with Crippen molar-refractivity contribution in [3.63, 3.8) is 0 Å². The molecule has 1 fully saturated rings. The van der Waals surface area contributed by atoms with Crippen LogP contribution in [0.4, 0.5) is 11.6 Å². The van der Waals surface area contributed by atoms with E-state index in [1.165, 1.54) is 33.4 Å². The van der Waals surface area contributed by atoms with E-state index in [-0.39, 0.29) is 35.2 Å². The fourth-order valence-corrected chi connectivity index (χ4v) is 7.73. The summed E-state index contributed by atoms with van der Waals surface area (Å²) in [7, 11) is 5.01. The molecule has 1 aliphatic rings. The third-order valence-electron chi connectivity index (χ3n) is 7.34. The van der Waals surface area contributed by atoms with Crippen molar-refractivity contribution in [1.29, 1.82) is 0 Å². The van der Waals surface area contributed by atoms with Gasteiger partial charge in [-0.1, -0.05) is 12.1 Å². The molecule has 1 unspecified atom stereocenters. The summed E-state index contributed by atoms with van der Waals surface area (Å²) in [5, 5.41) is 8.12. The highest BCUT2D eigenvalue weighted by Gasteiger charge is 2.23. The summed E-state index contributed by atoms with van der Waals surface area (Å²) in [5.74, 6) is 0.707. The van der Waals surface area contributed by atoms with Gasteiger partial charge in [-0.25, -0.2) is 13.4 Å². The number of nitrogens with one attached hydrogen (secondary N) is 1. The molecule has 13 nitrogen and oxygen atoms in total. The fourth-order valence-electron chi connectivity index (χ4n) is 4.88. The first-order valence-corrected chi connectivity index (χ1v) is 16.8. The Bertz CT molecular complexity index is 1820. The highest BCUT2D eigenvalue weighted by molar-refractivity contribution is 7.99. The number of nitrogens with zero attached hydrogens (tertiary/aromatic N) is 8. The molecule has 1 atom stereocenters. The van der Waals surface area contributed by atoms with Crippen molar-refractivity contribution in [2.45, 2.75) is 11.8 Å². The van der Waals surface area contributed by atoms with Crippen LogP contribution in [-0.4, -0.2) is 119 Å². The van der Waals surface area contributed by atoms with Gasteiger partial charge in [-0.15, -0.1) is 0 Å². The molecule has 1 saturated heterocycles. The minimum Gasteiger partial charge on any atom is -0.345 e. The van der Waals surface area contributed by atoms with E-state index < -0.39 is 21.5 Å².